The Bertz CT molecular complexity index is 642. The fraction of sp³-hybridized carbons (Fsp3) is 0.250. The summed E-state index contributed by atoms with van der Waals surface area (Å²) in [4.78, 5) is 16.4. The van der Waals surface area contributed by atoms with Gasteiger partial charge in [-0.3, -0.25) is 0 Å². The van der Waals surface area contributed by atoms with E-state index in [-0.39, 0.29) is 0 Å². The van der Waals surface area contributed by atoms with Gasteiger partial charge in [0.25, 0.3) is 0 Å². The third-order valence-corrected chi connectivity index (χ3v) is 4.30. The minimum Gasteiger partial charge on any atom is -0.478 e. The molecule has 1 saturated carbocycles. The van der Waals surface area contributed by atoms with Gasteiger partial charge in [-0.2, -0.15) is 0 Å². The van der Waals surface area contributed by atoms with Gasteiger partial charge in [0.2, 0.25) is 0 Å². The molecule has 1 fully saturated rings. The van der Waals surface area contributed by atoms with Gasteiger partial charge < -0.3 is 5.11 Å². The van der Waals surface area contributed by atoms with Crippen LogP contribution >= 0.6 is 11.3 Å². The average molecular weight is 285 g/mol. The maximum absolute atomic E-state index is 10.7. The monoisotopic (exact) mass is 285 g/mol. The van der Waals surface area contributed by atoms with Crippen LogP contribution in [0.5, 0.6) is 0 Å². The molecule has 4 heteroatoms. The van der Waals surface area contributed by atoms with Gasteiger partial charge in [0, 0.05) is 18.4 Å². The zero-order valence-electron chi connectivity index (χ0n) is 11.0. The molecule has 0 amide bonds. The van der Waals surface area contributed by atoms with Crippen LogP contribution < -0.4 is 0 Å². The predicted molar refractivity (Wildman–Crippen MR) is 80.0 cm³/mol. The summed E-state index contributed by atoms with van der Waals surface area (Å²) in [6.45, 7) is 0. The molecule has 1 aliphatic carbocycles. The molecule has 0 saturated heterocycles. The second-order valence-corrected chi connectivity index (χ2v) is 6.08. The van der Waals surface area contributed by atoms with Gasteiger partial charge in [-0.05, 0) is 24.5 Å². The maximum atomic E-state index is 10.7. The minimum absolute atomic E-state index is 0.532. The van der Waals surface area contributed by atoms with Crippen LogP contribution in [0, 0.1) is 0 Å². The first kappa shape index (κ1) is 13.1. The van der Waals surface area contributed by atoms with Crippen molar-refractivity contribution >= 4 is 23.4 Å². The van der Waals surface area contributed by atoms with E-state index in [0.29, 0.717) is 5.92 Å². The summed E-state index contributed by atoms with van der Waals surface area (Å²) in [5.41, 5.74) is 2.32. The first-order valence-electron chi connectivity index (χ1n) is 6.67. The fourth-order valence-electron chi connectivity index (χ4n) is 2.15. The lowest BCUT2D eigenvalue weighted by atomic mass is 10.2. The summed E-state index contributed by atoms with van der Waals surface area (Å²) in [6.07, 6.45) is 6.03. The third kappa shape index (κ3) is 3.14. The highest BCUT2D eigenvalue weighted by Gasteiger charge is 2.28. The van der Waals surface area contributed by atoms with Crippen molar-refractivity contribution in [2.45, 2.75) is 25.2 Å². The van der Waals surface area contributed by atoms with Crippen LogP contribution in [0.4, 0.5) is 0 Å². The maximum Gasteiger partial charge on any atom is 0.328 e. The van der Waals surface area contributed by atoms with Crippen molar-refractivity contribution in [3.8, 4) is 0 Å². The third-order valence-electron chi connectivity index (χ3n) is 3.26. The molecule has 1 heterocycles. The summed E-state index contributed by atoms with van der Waals surface area (Å²) in [5, 5.41) is 9.82. The summed E-state index contributed by atoms with van der Waals surface area (Å²) in [5.74, 6) is -0.381. The Morgan fingerprint density at radius 3 is 2.75 bits per heavy atom. The molecule has 102 valence electrons. The Morgan fingerprint density at radius 1 is 1.35 bits per heavy atom. The molecule has 2 aromatic rings. The number of thiazole rings is 1. The number of hydrogen-bond acceptors (Lipinski definition) is 3. The fourth-order valence-corrected chi connectivity index (χ4v) is 3.24. The molecule has 0 radical (unpaired) electrons. The van der Waals surface area contributed by atoms with E-state index in [0.717, 1.165) is 22.0 Å². The molecule has 3 nitrogen and oxygen atoms in total. The number of aromatic nitrogens is 1. The van der Waals surface area contributed by atoms with Crippen molar-refractivity contribution in [1.82, 2.24) is 4.98 Å². The predicted octanol–water partition coefficient (Wildman–Crippen LogP) is 3.71. The highest BCUT2D eigenvalue weighted by Crippen LogP contribution is 2.43. The number of rotatable bonds is 5. The summed E-state index contributed by atoms with van der Waals surface area (Å²) in [6, 6.07) is 10.2. The Labute approximate surface area is 121 Å². The molecular formula is C16H15NO2S. The van der Waals surface area contributed by atoms with Gasteiger partial charge in [-0.1, -0.05) is 30.3 Å². The van der Waals surface area contributed by atoms with E-state index in [2.05, 4.69) is 12.1 Å². The van der Waals surface area contributed by atoms with E-state index in [1.807, 2.05) is 18.2 Å². The molecular weight excluding hydrogens is 270 g/mol. The van der Waals surface area contributed by atoms with Gasteiger partial charge in [0.15, 0.2) is 0 Å². The van der Waals surface area contributed by atoms with E-state index < -0.39 is 5.97 Å². The van der Waals surface area contributed by atoms with Crippen LogP contribution in [-0.2, 0) is 11.2 Å². The lowest BCUT2D eigenvalue weighted by Crippen LogP contribution is -1.88. The Hall–Kier alpha value is -1.94. The standard InChI is InChI=1S/C16H15NO2S/c18-15(19)9-8-13-16(12-6-7-12)17-14(20-13)10-11-4-2-1-3-5-11/h1-5,8-9,12H,6-7,10H2,(H,18,19)/b9-8+. The molecule has 0 atom stereocenters. The summed E-state index contributed by atoms with van der Waals surface area (Å²) >= 11 is 1.60. The zero-order chi connectivity index (χ0) is 13.9. The van der Waals surface area contributed by atoms with E-state index in [1.54, 1.807) is 17.4 Å². The van der Waals surface area contributed by atoms with Crippen LogP contribution in [-0.4, -0.2) is 16.1 Å². The molecule has 0 bridgehead atoms. The Morgan fingerprint density at radius 2 is 2.10 bits per heavy atom. The van der Waals surface area contributed by atoms with E-state index in [9.17, 15) is 4.79 Å². The second-order valence-electron chi connectivity index (χ2n) is 4.97. The van der Waals surface area contributed by atoms with Gasteiger partial charge in [0.05, 0.1) is 15.6 Å². The first-order chi connectivity index (χ1) is 9.72. The van der Waals surface area contributed by atoms with Crippen LogP contribution in [0.25, 0.3) is 6.08 Å². The molecule has 1 aliphatic rings. The van der Waals surface area contributed by atoms with Gasteiger partial charge >= 0.3 is 5.97 Å². The molecule has 0 spiro atoms. The number of hydrogen-bond donors (Lipinski definition) is 1. The largest absolute Gasteiger partial charge is 0.478 e. The number of carboxylic acids is 1. The summed E-state index contributed by atoms with van der Waals surface area (Å²) < 4.78 is 0. The molecule has 1 aromatic heterocycles. The number of carbonyl (C=O) groups is 1. The molecule has 1 aromatic carbocycles. The van der Waals surface area contributed by atoms with Gasteiger partial charge in [-0.25, -0.2) is 9.78 Å². The van der Waals surface area contributed by atoms with Crippen LogP contribution in [0.1, 0.15) is 39.9 Å². The van der Waals surface area contributed by atoms with Crippen molar-refractivity contribution in [1.29, 1.82) is 0 Å². The normalized spacial score (nSPS) is 14.8. The number of nitrogens with zero attached hydrogens (tertiary/aromatic N) is 1. The van der Waals surface area contributed by atoms with Crippen LogP contribution in [0.15, 0.2) is 36.4 Å². The smallest absolute Gasteiger partial charge is 0.328 e. The highest BCUT2D eigenvalue weighted by atomic mass is 32.1. The molecule has 0 unspecified atom stereocenters. The molecule has 1 N–H and O–H groups in total. The van der Waals surface area contributed by atoms with Crippen molar-refractivity contribution in [3.63, 3.8) is 0 Å². The van der Waals surface area contributed by atoms with E-state index in [4.69, 9.17) is 10.1 Å². The van der Waals surface area contributed by atoms with Crippen molar-refractivity contribution in [2.75, 3.05) is 0 Å². The lowest BCUT2D eigenvalue weighted by Gasteiger charge is -1.96. The number of carboxylic acid groups (broad SMARTS) is 1. The molecule has 3 rings (SSSR count). The van der Waals surface area contributed by atoms with E-state index >= 15 is 0 Å². The average Bonchev–Trinajstić information content (AvgIpc) is 3.20. The van der Waals surface area contributed by atoms with Gasteiger partial charge in [-0.15, -0.1) is 11.3 Å². The van der Waals surface area contributed by atoms with Crippen molar-refractivity contribution in [2.24, 2.45) is 0 Å². The molecule has 0 aliphatic heterocycles. The Kier molecular flexibility index (Phi) is 3.65. The van der Waals surface area contributed by atoms with Crippen molar-refractivity contribution < 1.29 is 9.90 Å². The number of aliphatic carboxylic acids is 1. The summed E-state index contributed by atoms with van der Waals surface area (Å²) in [7, 11) is 0. The Balaban J connectivity index is 1.85. The zero-order valence-corrected chi connectivity index (χ0v) is 11.8. The van der Waals surface area contributed by atoms with Crippen LogP contribution in [0.3, 0.4) is 0 Å². The lowest BCUT2D eigenvalue weighted by molar-refractivity contribution is -0.131. The topological polar surface area (TPSA) is 50.2 Å². The van der Waals surface area contributed by atoms with Gasteiger partial charge in [0.1, 0.15) is 0 Å². The minimum atomic E-state index is -0.912. The first-order valence-corrected chi connectivity index (χ1v) is 7.48. The SMILES string of the molecule is O=C(O)/C=C/c1sc(Cc2ccccc2)nc1C1CC1. The molecule has 20 heavy (non-hydrogen) atoms. The quantitative estimate of drug-likeness (QED) is 0.852. The van der Waals surface area contributed by atoms with Crippen LogP contribution in [0.2, 0.25) is 0 Å². The van der Waals surface area contributed by atoms with E-state index in [1.165, 1.54) is 24.5 Å². The van der Waals surface area contributed by atoms with Crippen molar-refractivity contribution in [3.05, 3.63) is 57.6 Å². The number of benzene rings is 1. The highest BCUT2D eigenvalue weighted by molar-refractivity contribution is 7.12. The second kappa shape index (κ2) is 5.59.